The molecule has 1 fully saturated rings. The fourth-order valence-electron chi connectivity index (χ4n) is 3.86. The topological polar surface area (TPSA) is 38.1 Å². The number of carbonyl (C=O) groups excluding carboxylic acids is 1. The van der Waals surface area contributed by atoms with E-state index in [0.717, 1.165) is 74.3 Å². The Balaban J connectivity index is 2.09. The average molecular weight is 354 g/mol. The second-order valence-electron chi connectivity index (χ2n) is 7.37. The van der Waals surface area contributed by atoms with Crippen LogP contribution in [0.1, 0.15) is 73.3 Å². The molecule has 0 N–H and O–H groups in total. The molecule has 4 nitrogen and oxygen atoms in total. The molecule has 1 saturated heterocycles. The average Bonchev–Trinajstić information content (AvgIpc) is 3.01. The molecule has 1 aliphatic rings. The van der Waals surface area contributed by atoms with Crippen LogP contribution in [0.2, 0.25) is 0 Å². The number of aromatic nitrogens is 2. The van der Waals surface area contributed by atoms with E-state index < -0.39 is 0 Å². The lowest BCUT2D eigenvalue weighted by Crippen LogP contribution is -2.36. The summed E-state index contributed by atoms with van der Waals surface area (Å²) in [5.41, 5.74) is 5.19. The van der Waals surface area contributed by atoms with Crippen molar-refractivity contribution in [2.24, 2.45) is 0 Å². The van der Waals surface area contributed by atoms with Crippen molar-refractivity contribution in [1.82, 2.24) is 14.7 Å². The number of amides is 1. The van der Waals surface area contributed by atoms with Gasteiger partial charge in [-0.05, 0) is 56.7 Å². The Kier molecular flexibility index (Phi) is 6.12. The van der Waals surface area contributed by atoms with Crippen molar-refractivity contribution in [3.63, 3.8) is 0 Å². The van der Waals surface area contributed by atoms with Gasteiger partial charge in [-0.15, -0.1) is 0 Å². The lowest BCUT2D eigenvalue weighted by atomic mass is 10.0. The van der Waals surface area contributed by atoms with Gasteiger partial charge in [0.2, 0.25) is 0 Å². The summed E-state index contributed by atoms with van der Waals surface area (Å²) < 4.78 is 2.03. The molecular weight excluding hydrogens is 322 g/mol. The summed E-state index contributed by atoms with van der Waals surface area (Å²) in [5.74, 6) is 0.190. The lowest BCUT2D eigenvalue weighted by molar-refractivity contribution is 0.0722. The molecule has 0 aliphatic carbocycles. The van der Waals surface area contributed by atoms with Gasteiger partial charge < -0.3 is 4.90 Å². The number of likely N-dealkylation sites (tertiary alicyclic amines) is 1. The minimum Gasteiger partial charge on any atom is -0.339 e. The Labute approximate surface area is 157 Å². The number of piperidine rings is 1. The van der Waals surface area contributed by atoms with Crippen LogP contribution in [-0.4, -0.2) is 33.7 Å². The van der Waals surface area contributed by atoms with Gasteiger partial charge in [-0.2, -0.15) is 5.10 Å². The van der Waals surface area contributed by atoms with Crippen LogP contribution >= 0.6 is 0 Å². The van der Waals surface area contributed by atoms with Crippen molar-refractivity contribution in [3.8, 4) is 5.69 Å². The van der Waals surface area contributed by atoms with E-state index in [1.807, 2.05) is 9.58 Å². The molecule has 0 radical (unpaired) electrons. The molecule has 3 rings (SSSR count). The third-order valence-electron chi connectivity index (χ3n) is 5.13. The summed E-state index contributed by atoms with van der Waals surface area (Å²) in [5, 5.41) is 4.91. The normalized spacial score (nSPS) is 14.7. The van der Waals surface area contributed by atoms with Crippen molar-refractivity contribution < 1.29 is 4.79 Å². The van der Waals surface area contributed by atoms with Gasteiger partial charge in [-0.1, -0.05) is 38.8 Å². The van der Waals surface area contributed by atoms with E-state index in [4.69, 9.17) is 5.10 Å². The lowest BCUT2D eigenvalue weighted by Gasteiger charge is -2.27. The van der Waals surface area contributed by atoms with Gasteiger partial charge >= 0.3 is 0 Å². The molecule has 140 valence electrons. The van der Waals surface area contributed by atoms with Gasteiger partial charge in [0.1, 0.15) is 0 Å². The van der Waals surface area contributed by atoms with Crippen molar-refractivity contribution in [2.45, 2.75) is 65.7 Å². The van der Waals surface area contributed by atoms with Crippen molar-refractivity contribution in [3.05, 3.63) is 46.8 Å². The summed E-state index contributed by atoms with van der Waals surface area (Å²) in [6, 6.07) is 8.40. The summed E-state index contributed by atoms with van der Waals surface area (Å²) in [6.07, 6.45) is 7.19. The first kappa shape index (κ1) is 18.7. The van der Waals surface area contributed by atoms with Crippen LogP contribution < -0.4 is 0 Å². The third kappa shape index (κ3) is 3.84. The van der Waals surface area contributed by atoms with Crippen LogP contribution in [-0.2, 0) is 12.8 Å². The molecule has 0 spiro atoms. The van der Waals surface area contributed by atoms with Gasteiger partial charge in [0.25, 0.3) is 5.91 Å². The Hall–Kier alpha value is -2.10. The summed E-state index contributed by atoms with van der Waals surface area (Å²) >= 11 is 0. The fourth-order valence-corrected chi connectivity index (χ4v) is 3.86. The fraction of sp³-hybridized carbons (Fsp3) is 0.545. The quantitative estimate of drug-likeness (QED) is 0.754. The van der Waals surface area contributed by atoms with Crippen LogP contribution in [0.15, 0.2) is 24.3 Å². The highest BCUT2D eigenvalue weighted by Crippen LogP contribution is 2.25. The summed E-state index contributed by atoms with van der Waals surface area (Å²) in [7, 11) is 0. The van der Waals surface area contributed by atoms with Crippen LogP contribution in [0, 0.1) is 6.92 Å². The number of benzene rings is 1. The van der Waals surface area contributed by atoms with Gasteiger partial charge in [0.05, 0.1) is 22.6 Å². The van der Waals surface area contributed by atoms with E-state index in [2.05, 4.69) is 45.0 Å². The molecule has 2 heterocycles. The Bertz CT molecular complexity index is 757. The molecular formula is C22H31N3O. The second-order valence-corrected chi connectivity index (χ2v) is 7.37. The second kappa shape index (κ2) is 8.52. The van der Waals surface area contributed by atoms with Crippen LogP contribution in [0.5, 0.6) is 0 Å². The van der Waals surface area contributed by atoms with Crippen molar-refractivity contribution in [2.75, 3.05) is 13.1 Å². The van der Waals surface area contributed by atoms with Gasteiger partial charge in [0, 0.05) is 13.1 Å². The largest absolute Gasteiger partial charge is 0.339 e. The molecule has 0 atom stereocenters. The maximum atomic E-state index is 13.4. The Morgan fingerprint density at radius 3 is 2.46 bits per heavy atom. The molecule has 4 heteroatoms. The van der Waals surface area contributed by atoms with Gasteiger partial charge in [-0.3, -0.25) is 4.79 Å². The maximum absolute atomic E-state index is 13.4. The van der Waals surface area contributed by atoms with E-state index in [1.165, 1.54) is 12.0 Å². The highest BCUT2D eigenvalue weighted by Gasteiger charge is 2.28. The van der Waals surface area contributed by atoms with Crippen molar-refractivity contribution in [1.29, 1.82) is 0 Å². The van der Waals surface area contributed by atoms with Gasteiger partial charge in [0.15, 0.2) is 0 Å². The van der Waals surface area contributed by atoms with E-state index in [1.54, 1.807) is 0 Å². The molecule has 26 heavy (non-hydrogen) atoms. The van der Waals surface area contributed by atoms with E-state index >= 15 is 0 Å². The minimum absolute atomic E-state index is 0.190. The number of rotatable bonds is 6. The molecule has 2 aromatic rings. The Morgan fingerprint density at radius 2 is 1.81 bits per heavy atom. The first-order valence-corrected chi connectivity index (χ1v) is 10.1. The SMILES string of the molecule is CCCc1nn(-c2cccc(C)c2)c(CCC)c1C(=O)N1CCCCC1. The monoisotopic (exact) mass is 353 g/mol. The molecule has 0 bridgehead atoms. The predicted molar refractivity (Wildman–Crippen MR) is 106 cm³/mol. The van der Waals surface area contributed by atoms with Crippen LogP contribution in [0.25, 0.3) is 5.69 Å². The first-order valence-electron chi connectivity index (χ1n) is 10.1. The predicted octanol–water partition coefficient (Wildman–Crippen LogP) is 4.71. The van der Waals surface area contributed by atoms with E-state index in [0.29, 0.717) is 0 Å². The molecule has 1 aromatic heterocycles. The van der Waals surface area contributed by atoms with Crippen molar-refractivity contribution >= 4 is 5.91 Å². The molecule has 1 aliphatic heterocycles. The zero-order chi connectivity index (χ0) is 18.5. The Morgan fingerprint density at radius 1 is 1.08 bits per heavy atom. The standard InChI is InChI=1S/C22H31N3O/c1-4-10-19-21(22(26)24-14-7-6-8-15-24)20(11-5-2)25(23-19)18-13-9-12-17(3)16-18/h9,12-13,16H,4-8,10-11,14-15H2,1-3H3. The number of carbonyl (C=O) groups is 1. The number of hydrogen-bond donors (Lipinski definition) is 0. The minimum atomic E-state index is 0.190. The maximum Gasteiger partial charge on any atom is 0.257 e. The van der Waals surface area contributed by atoms with Gasteiger partial charge in [-0.25, -0.2) is 4.68 Å². The zero-order valence-corrected chi connectivity index (χ0v) is 16.4. The van der Waals surface area contributed by atoms with Crippen LogP contribution in [0.3, 0.4) is 0 Å². The molecule has 1 aromatic carbocycles. The first-order chi connectivity index (χ1) is 12.7. The summed E-state index contributed by atoms with van der Waals surface area (Å²) in [4.78, 5) is 15.4. The number of aryl methyl sites for hydroxylation is 2. The summed E-state index contributed by atoms with van der Waals surface area (Å²) in [6.45, 7) is 8.18. The third-order valence-corrected chi connectivity index (χ3v) is 5.13. The van der Waals surface area contributed by atoms with E-state index in [-0.39, 0.29) is 5.91 Å². The zero-order valence-electron chi connectivity index (χ0n) is 16.4. The highest BCUT2D eigenvalue weighted by molar-refractivity contribution is 5.96. The van der Waals surface area contributed by atoms with Crippen LogP contribution in [0.4, 0.5) is 0 Å². The smallest absolute Gasteiger partial charge is 0.257 e. The molecule has 1 amide bonds. The number of nitrogens with zero attached hydrogens (tertiary/aromatic N) is 3. The molecule has 0 saturated carbocycles. The molecule has 0 unspecified atom stereocenters. The number of hydrogen-bond acceptors (Lipinski definition) is 2. The highest BCUT2D eigenvalue weighted by atomic mass is 16.2. The van der Waals surface area contributed by atoms with E-state index in [9.17, 15) is 4.79 Å².